The predicted molar refractivity (Wildman–Crippen MR) is 119 cm³/mol. The number of aliphatic carboxylic acids is 1. The van der Waals surface area contributed by atoms with Crippen LogP contribution in [0.25, 0.3) is 6.08 Å². The zero-order chi connectivity index (χ0) is 23.1. The maximum absolute atomic E-state index is 12.8. The molecule has 1 amide bonds. The van der Waals surface area contributed by atoms with Gasteiger partial charge in [-0.2, -0.15) is 5.26 Å². The Kier molecular flexibility index (Phi) is 7.63. The van der Waals surface area contributed by atoms with Gasteiger partial charge in [-0.3, -0.25) is 4.79 Å². The molecule has 0 unspecified atom stereocenters. The van der Waals surface area contributed by atoms with Crippen LogP contribution in [0.3, 0.4) is 0 Å². The first-order chi connectivity index (χ1) is 15.4. The first-order valence-corrected chi connectivity index (χ1v) is 10.9. The summed E-state index contributed by atoms with van der Waals surface area (Å²) < 4.78 is 10.3. The Hall–Kier alpha value is -3.64. The number of esters is 1. The van der Waals surface area contributed by atoms with E-state index in [1.54, 1.807) is 31.2 Å². The molecule has 9 heteroatoms. The van der Waals surface area contributed by atoms with E-state index < -0.39 is 24.5 Å². The molecule has 32 heavy (non-hydrogen) atoms. The number of nitriles is 1. The number of benzene rings is 1. The molecule has 1 aromatic heterocycles. The van der Waals surface area contributed by atoms with Crippen LogP contribution in [0.15, 0.2) is 29.8 Å². The number of carbonyl (C=O) groups excluding carboxylic acids is 2. The number of anilines is 1. The van der Waals surface area contributed by atoms with Crippen molar-refractivity contribution in [1.82, 2.24) is 0 Å². The maximum Gasteiger partial charge on any atom is 0.341 e. The molecular formula is C23H22N2O6S. The zero-order valence-electron chi connectivity index (χ0n) is 17.5. The van der Waals surface area contributed by atoms with Gasteiger partial charge in [-0.15, -0.1) is 11.3 Å². The van der Waals surface area contributed by atoms with Gasteiger partial charge in [-0.1, -0.05) is 12.1 Å². The summed E-state index contributed by atoms with van der Waals surface area (Å²) in [5.74, 6) is -1.82. The van der Waals surface area contributed by atoms with Crippen LogP contribution in [-0.2, 0) is 27.2 Å². The first kappa shape index (κ1) is 23.0. The van der Waals surface area contributed by atoms with Crippen molar-refractivity contribution < 1.29 is 29.0 Å². The van der Waals surface area contributed by atoms with Crippen LogP contribution in [0.5, 0.6) is 5.75 Å². The molecule has 0 radical (unpaired) electrons. The number of nitrogens with zero attached hydrogens (tertiary/aromatic N) is 1. The average Bonchev–Trinajstić information content (AvgIpc) is 3.14. The van der Waals surface area contributed by atoms with Crippen LogP contribution in [0.1, 0.15) is 46.1 Å². The van der Waals surface area contributed by atoms with Crippen LogP contribution < -0.4 is 10.1 Å². The topological polar surface area (TPSA) is 126 Å². The first-order valence-electron chi connectivity index (χ1n) is 10.1. The van der Waals surface area contributed by atoms with Gasteiger partial charge >= 0.3 is 11.9 Å². The summed E-state index contributed by atoms with van der Waals surface area (Å²) in [4.78, 5) is 37.0. The predicted octanol–water partition coefficient (Wildman–Crippen LogP) is 3.81. The van der Waals surface area contributed by atoms with Crippen molar-refractivity contribution >= 4 is 40.3 Å². The SMILES string of the molecule is CCOC(=O)c1c(NC(=O)C(C#N)=Cc2ccc(OCC(=O)O)cc2)sc2c1CCCC2. The second kappa shape index (κ2) is 10.6. The van der Waals surface area contributed by atoms with Gasteiger partial charge in [0.2, 0.25) is 0 Å². The molecule has 0 fully saturated rings. The summed E-state index contributed by atoms with van der Waals surface area (Å²) in [5.41, 5.74) is 1.74. The molecule has 0 bridgehead atoms. The van der Waals surface area contributed by atoms with Crippen molar-refractivity contribution in [3.8, 4) is 11.8 Å². The van der Waals surface area contributed by atoms with Gasteiger partial charge in [0.25, 0.3) is 5.91 Å². The molecule has 0 aliphatic heterocycles. The lowest BCUT2D eigenvalue weighted by atomic mass is 9.95. The Morgan fingerprint density at radius 3 is 2.59 bits per heavy atom. The average molecular weight is 455 g/mol. The van der Waals surface area contributed by atoms with Gasteiger partial charge in [0.15, 0.2) is 6.61 Å². The third kappa shape index (κ3) is 5.53. The number of thiophene rings is 1. The molecule has 8 nitrogen and oxygen atoms in total. The van der Waals surface area contributed by atoms with Gasteiger partial charge in [-0.25, -0.2) is 9.59 Å². The van der Waals surface area contributed by atoms with Crippen LogP contribution in [-0.4, -0.2) is 36.2 Å². The summed E-state index contributed by atoms with van der Waals surface area (Å²) in [6, 6.07) is 8.20. The molecule has 1 heterocycles. The van der Waals surface area contributed by atoms with E-state index in [9.17, 15) is 19.6 Å². The number of hydrogen-bond acceptors (Lipinski definition) is 7. The number of ether oxygens (including phenoxy) is 2. The molecule has 2 aromatic rings. The number of carboxylic acid groups (broad SMARTS) is 1. The molecule has 2 N–H and O–H groups in total. The number of amides is 1. The minimum absolute atomic E-state index is 0.134. The minimum Gasteiger partial charge on any atom is -0.482 e. The van der Waals surface area contributed by atoms with Crippen LogP contribution in [0.2, 0.25) is 0 Å². The zero-order valence-corrected chi connectivity index (χ0v) is 18.3. The smallest absolute Gasteiger partial charge is 0.341 e. The second-order valence-corrected chi connectivity index (χ2v) is 8.12. The van der Waals surface area contributed by atoms with Crippen LogP contribution >= 0.6 is 11.3 Å². The molecule has 166 valence electrons. The lowest BCUT2D eigenvalue weighted by Crippen LogP contribution is -2.16. The number of hydrogen-bond donors (Lipinski definition) is 2. The van der Waals surface area contributed by atoms with E-state index >= 15 is 0 Å². The normalized spacial score (nSPS) is 12.9. The largest absolute Gasteiger partial charge is 0.482 e. The number of rotatable bonds is 8. The third-order valence-electron chi connectivity index (χ3n) is 4.80. The van der Waals surface area contributed by atoms with Crippen molar-refractivity contribution in [1.29, 1.82) is 5.26 Å². The molecular weight excluding hydrogens is 432 g/mol. The van der Waals surface area contributed by atoms with E-state index in [2.05, 4.69) is 5.32 Å². The fraction of sp³-hybridized carbons (Fsp3) is 0.304. The quantitative estimate of drug-likeness (QED) is 0.353. The van der Waals surface area contributed by atoms with Crippen molar-refractivity contribution in [2.45, 2.75) is 32.6 Å². The van der Waals surface area contributed by atoms with Crippen LogP contribution in [0, 0.1) is 11.3 Å². The Morgan fingerprint density at radius 2 is 1.94 bits per heavy atom. The van der Waals surface area contributed by atoms with Gasteiger partial charge < -0.3 is 19.9 Å². The number of carboxylic acids is 1. The molecule has 0 atom stereocenters. The van der Waals surface area contributed by atoms with Crippen molar-refractivity contribution in [2.75, 3.05) is 18.5 Å². The molecule has 0 saturated heterocycles. The summed E-state index contributed by atoms with van der Waals surface area (Å²) >= 11 is 1.35. The van der Waals surface area contributed by atoms with Gasteiger partial charge in [0.1, 0.15) is 22.4 Å². The molecule has 0 saturated carbocycles. The summed E-state index contributed by atoms with van der Waals surface area (Å²) in [7, 11) is 0. The minimum atomic E-state index is -1.09. The highest BCUT2D eigenvalue weighted by atomic mass is 32.1. The fourth-order valence-electron chi connectivity index (χ4n) is 3.36. The highest BCUT2D eigenvalue weighted by Gasteiger charge is 2.27. The summed E-state index contributed by atoms with van der Waals surface area (Å²) in [6.45, 7) is 1.49. The Labute approximate surface area is 189 Å². The highest BCUT2D eigenvalue weighted by Crippen LogP contribution is 2.38. The van der Waals surface area contributed by atoms with E-state index in [4.69, 9.17) is 14.6 Å². The third-order valence-corrected chi connectivity index (χ3v) is 6.00. The standard InChI is InChI=1S/C23H22N2O6S/c1-2-30-23(29)20-17-5-3-4-6-18(17)32-22(20)25-21(28)15(12-24)11-14-7-9-16(10-8-14)31-13-19(26)27/h7-11H,2-6,13H2,1H3,(H,25,28)(H,26,27). The van der Waals surface area contributed by atoms with E-state index in [1.807, 2.05) is 6.07 Å². The Morgan fingerprint density at radius 1 is 1.22 bits per heavy atom. The lowest BCUT2D eigenvalue weighted by molar-refractivity contribution is -0.139. The van der Waals surface area contributed by atoms with Gasteiger partial charge in [-0.05, 0) is 61.9 Å². The highest BCUT2D eigenvalue weighted by molar-refractivity contribution is 7.17. The summed E-state index contributed by atoms with van der Waals surface area (Å²) in [6.07, 6.45) is 5.01. The molecule has 1 aliphatic rings. The Balaban J connectivity index is 1.81. The number of carbonyl (C=O) groups is 3. The molecule has 0 spiro atoms. The number of nitrogens with one attached hydrogen (secondary N) is 1. The molecule has 3 rings (SSSR count). The van der Waals surface area contributed by atoms with Gasteiger partial charge in [0.05, 0.1) is 12.2 Å². The number of fused-ring (bicyclic) bond motifs is 1. The maximum atomic E-state index is 12.8. The lowest BCUT2D eigenvalue weighted by Gasteiger charge is -2.12. The van der Waals surface area contributed by atoms with E-state index in [0.717, 1.165) is 36.1 Å². The van der Waals surface area contributed by atoms with E-state index in [0.29, 0.717) is 21.9 Å². The van der Waals surface area contributed by atoms with E-state index in [-0.39, 0.29) is 12.2 Å². The molecule has 1 aromatic carbocycles. The summed E-state index contributed by atoms with van der Waals surface area (Å²) in [5, 5.41) is 21.3. The molecule has 1 aliphatic carbocycles. The van der Waals surface area contributed by atoms with Crippen LogP contribution in [0.4, 0.5) is 5.00 Å². The Bertz CT molecular complexity index is 1090. The van der Waals surface area contributed by atoms with E-state index in [1.165, 1.54) is 17.4 Å². The van der Waals surface area contributed by atoms with Crippen molar-refractivity contribution in [2.24, 2.45) is 0 Å². The fourth-order valence-corrected chi connectivity index (χ4v) is 4.64. The van der Waals surface area contributed by atoms with Crippen molar-refractivity contribution in [3.63, 3.8) is 0 Å². The van der Waals surface area contributed by atoms with Gasteiger partial charge in [0, 0.05) is 4.88 Å². The second-order valence-electron chi connectivity index (χ2n) is 7.01. The monoisotopic (exact) mass is 454 g/mol. The van der Waals surface area contributed by atoms with Crippen molar-refractivity contribution in [3.05, 3.63) is 51.4 Å². The number of aryl methyl sites for hydroxylation is 1.